The Morgan fingerprint density at radius 1 is 0.829 bits per heavy atom. The molecule has 1 aliphatic heterocycles. The van der Waals surface area contributed by atoms with Crippen LogP contribution in [0.2, 0.25) is 0 Å². The van der Waals surface area contributed by atoms with Gasteiger partial charge >= 0.3 is 6.03 Å². The molecule has 3 amide bonds. The predicted octanol–water partition coefficient (Wildman–Crippen LogP) is 4.93. The van der Waals surface area contributed by atoms with Crippen molar-refractivity contribution >= 4 is 29.0 Å². The molecule has 1 aliphatic rings. The Kier molecular flexibility index (Phi) is 7.88. The van der Waals surface area contributed by atoms with E-state index in [4.69, 9.17) is 4.74 Å². The lowest BCUT2D eigenvalue weighted by molar-refractivity contribution is -0.130. The van der Waals surface area contributed by atoms with Crippen molar-refractivity contribution in [2.24, 2.45) is 0 Å². The number of rotatable bonds is 7. The minimum atomic E-state index is -0.303. The van der Waals surface area contributed by atoms with Gasteiger partial charge < -0.3 is 25.2 Å². The van der Waals surface area contributed by atoms with Crippen molar-refractivity contribution < 1.29 is 14.3 Å². The van der Waals surface area contributed by atoms with Gasteiger partial charge in [0.2, 0.25) is 5.91 Å². The number of aryl methyl sites for hydroxylation is 1. The average molecular weight is 473 g/mol. The van der Waals surface area contributed by atoms with Crippen LogP contribution in [0.3, 0.4) is 0 Å². The zero-order valence-corrected chi connectivity index (χ0v) is 20.3. The molecule has 1 heterocycles. The van der Waals surface area contributed by atoms with Crippen molar-refractivity contribution in [2.75, 3.05) is 48.3 Å². The highest BCUT2D eigenvalue weighted by Gasteiger charge is 2.21. The lowest BCUT2D eigenvalue weighted by Crippen LogP contribution is -2.49. The number of piperazine rings is 1. The van der Waals surface area contributed by atoms with Crippen LogP contribution in [0.15, 0.2) is 72.8 Å². The highest BCUT2D eigenvalue weighted by Crippen LogP contribution is 2.21. The molecule has 0 atom stereocenters. The summed E-state index contributed by atoms with van der Waals surface area (Å²) in [6.07, 6.45) is 0.450. The molecule has 1 fully saturated rings. The molecular formula is C28H32N4O3. The summed E-state index contributed by atoms with van der Waals surface area (Å²) in [5.41, 5.74) is 4.73. The van der Waals surface area contributed by atoms with Crippen molar-refractivity contribution in [3.05, 3.63) is 83.9 Å². The number of carbonyl (C=O) groups excluding carboxylic acids is 2. The van der Waals surface area contributed by atoms with Crippen molar-refractivity contribution in [1.29, 1.82) is 0 Å². The summed E-state index contributed by atoms with van der Waals surface area (Å²) in [7, 11) is 0. The molecule has 35 heavy (non-hydrogen) atoms. The second kappa shape index (κ2) is 11.4. The molecule has 0 spiro atoms. The number of ether oxygens (including phenoxy) is 1. The number of carbonyl (C=O) groups is 2. The zero-order valence-electron chi connectivity index (χ0n) is 20.3. The fourth-order valence-electron chi connectivity index (χ4n) is 4.15. The van der Waals surface area contributed by atoms with E-state index in [2.05, 4.69) is 15.5 Å². The van der Waals surface area contributed by atoms with Crippen LogP contribution in [0, 0.1) is 6.92 Å². The molecule has 3 aromatic rings. The van der Waals surface area contributed by atoms with Crippen LogP contribution in [0.4, 0.5) is 21.9 Å². The molecule has 0 bridgehead atoms. The molecule has 0 aliphatic carbocycles. The number of urea groups is 1. The molecule has 0 saturated carbocycles. The van der Waals surface area contributed by atoms with Gasteiger partial charge in [0.15, 0.2) is 0 Å². The van der Waals surface area contributed by atoms with E-state index in [-0.39, 0.29) is 11.9 Å². The fraction of sp³-hybridized carbons (Fsp3) is 0.286. The van der Waals surface area contributed by atoms with Crippen LogP contribution in [-0.4, -0.2) is 49.6 Å². The number of benzene rings is 3. The van der Waals surface area contributed by atoms with Gasteiger partial charge in [0.25, 0.3) is 0 Å². The smallest absolute Gasteiger partial charge is 0.323 e. The predicted molar refractivity (Wildman–Crippen MR) is 140 cm³/mol. The highest BCUT2D eigenvalue weighted by molar-refractivity contribution is 5.99. The number of anilines is 3. The first kappa shape index (κ1) is 24.1. The molecule has 7 heteroatoms. The van der Waals surface area contributed by atoms with Crippen LogP contribution < -0.4 is 20.3 Å². The summed E-state index contributed by atoms with van der Waals surface area (Å²) >= 11 is 0. The van der Waals surface area contributed by atoms with E-state index in [0.717, 1.165) is 35.7 Å². The van der Waals surface area contributed by atoms with Gasteiger partial charge in [-0.3, -0.25) is 4.79 Å². The first-order chi connectivity index (χ1) is 17.0. The van der Waals surface area contributed by atoms with E-state index in [1.165, 1.54) is 0 Å². The van der Waals surface area contributed by atoms with Crippen LogP contribution in [-0.2, 0) is 11.2 Å². The van der Waals surface area contributed by atoms with E-state index in [0.29, 0.717) is 37.5 Å². The lowest BCUT2D eigenvalue weighted by Gasteiger charge is -2.36. The van der Waals surface area contributed by atoms with Gasteiger partial charge in [0.1, 0.15) is 5.75 Å². The van der Waals surface area contributed by atoms with E-state index >= 15 is 0 Å². The van der Waals surface area contributed by atoms with Gasteiger partial charge in [-0.25, -0.2) is 4.79 Å². The van der Waals surface area contributed by atoms with Gasteiger partial charge in [-0.1, -0.05) is 24.3 Å². The number of hydrogen-bond acceptors (Lipinski definition) is 4. The molecule has 0 unspecified atom stereocenters. The molecule has 7 nitrogen and oxygen atoms in total. The van der Waals surface area contributed by atoms with Crippen molar-refractivity contribution in [3.63, 3.8) is 0 Å². The molecule has 3 aromatic carbocycles. The number of nitrogens with one attached hydrogen (secondary N) is 2. The maximum atomic E-state index is 12.7. The minimum absolute atomic E-state index is 0.178. The third kappa shape index (κ3) is 6.53. The molecule has 4 rings (SSSR count). The first-order valence-corrected chi connectivity index (χ1v) is 12.0. The Morgan fingerprint density at radius 3 is 2.03 bits per heavy atom. The molecule has 1 saturated heterocycles. The summed E-state index contributed by atoms with van der Waals surface area (Å²) in [5, 5.41) is 5.68. The quantitative estimate of drug-likeness (QED) is 0.511. The molecule has 0 radical (unpaired) electrons. The number of hydrogen-bond donors (Lipinski definition) is 2. The van der Waals surface area contributed by atoms with Gasteiger partial charge in [0.05, 0.1) is 13.0 Å². The SMILES string of the molecule is CCOc1ccc(NC(=O)Nc2ccc(N3CCN(C(=O)Cc4ccccc4C)CC3)cc2)cc1. The maximum absolute atomic E-state index is 12.7. The molecule has 2 N–H and O–H groups in total. The minimum Gasteiger partial charge on any atom is -0.494 e. The Hall–Kier alpha value is -4.00. The summed E-state index contributed by atoms with van der Waals surface area (Å²) in [6.45, 7) is 7.55. The summed E-state index contributed by atoms with van der Waals surface area (Å²) in [5.74, 6) is 0.947. The van der Waals surface area contributed by atoms with Crippen molar-refractivity contribution in [3.8, 4) is 5.75 Å². The largest absolute Gasteiger partial charge is 0.494 e. The van der Waals surface area contributed by atoms with E-state index in [1.54, 1.807) is 12.1 Å². The van der Waals surface area contributed by atoms with Crippen LogP contribution >= 0.6 is 0 Å². The molecule has 182 valence electrons. The second-order valence-corrected chi connectivity index (χ2v) is 8.55. The van der Waals surface area contributed by atoms with Crippen LogP contribution in [0.25, 0.3) is 0 Å². The van der Waals surface area contributed by atoms with Gasteiger partial charge in [-0.2, -0.15) is 0 Å². The number of nitrogens with zero attached hydrogens (tertiary/aromatic N) is 2. The van der Waals surface area contributed by atoms with Gasteiger partial charge in [-0.15, -0.1) is 0 Å². The standard InChI is InChI=1S/C28H32N4O3/c1-3-35-26-14-10-24(11-15-26)30-28(34)29-23-8-12-25(13-9-23)31-16-18-32(19-17-31)27(33)20-22-7-5-4-6-21(22)2/h4-15H,3,16-20H2,1-2H3,(H2,29,30,34). The Balaban J connectivity index is 1.25. The average Bonchev–Trinajstić information content (AvgIpc) is 2.87. The topological polar surface area (TPSA) is 73.9 Å². The number of amides is 3. The molecule has 0 aromatic heterocycles. The maximum Gasteiger partial charge on any atom is 0.323 e. The van der Waals surface area contributed by atoms with E-state index in [9.17, 15) is 9.59 Å². The summed E-state index contributed by atoms with van der Waals surface area (Å²) in [4.78, 5) is 29.3. The first-order valence-electron chi connectivity index (χ1n) is 12.0. The third-order valence-electron chi connectivity index (χ3n) is 6.15. The second-order valence-electron chi connectivity index (χ2n) is 8.55. The van der Waals surface area contributed by atoms with Crippen LogP contribution in [0.5, 0.6) is 5.75 Å². The highest BCUT2D eigenvalue weighted by atomic mass is 16.5. The lowest BCUT2D eigenvalue weighted by atomic mass is 10.1. The summed E-state index contributed by atoms with van der Waals surface area (Å²) < 4.78 is 5.42. The van der Waals surface area contributed by atoms with Crippen LogP contribution in [0.1, 0.15) is 18.1 Å². The van der Waals surface area contributed by atoms with Crippen molar-refractivity contribution in [1.82, 2.24) is 4.90 Å². The van der Waals surface area contributed by atoms with E-state index < -0.39 is 0 Å². The van der Waals surface area contributed by atoms with E-state index in [1.807, 2.05) is 79.4 Å². The van der Waals surface area contributed by atoms with Gasteiger partial charge in [0, 0.05) is 43.2 Å². The monoisotopic (exact) mass is 472 g/mol. The Labute approximate surface area is 206 Å². The normalized spacial score (nSPS) is 13.3. The molecular weight excluding hydrogens is 440 g/mol. The fourth-order valence-corrected chi connectivity index (χ4v) is 4.15. The van der Waals surface area contributed by atoms with Gasteiger partial charge in [-0.05, 0) is 73.5 Å². The summed E-state index contributed by atoms with van der Waals surface area (Å²) in [6, 6.07) is 22.8. The van der Waals surface area contributed by atoms with Crippen molar-refractivity contribution in [2.45, 2.75) is 20.3 Å². The third-order valence-corrected chi connectivity index (χ3v) is 6.15. The Bertz CT molecular complexity index is 1140. The Morgan fingerprint density at radius 2 is 1.43 bits per heavy atom. The zero-order chi connectivity index (χ0) is 24.6.